The number of hydrogen-bond donors (Lipinski definition) is 1. The van der Waals surface area contributed by atoms with Gasteiger partial charge in [-0.2, -0.15) is 4.31 Å². The Morgan fingerprint density at radius 3 is 2.76 bits per heavy atom. The lowest BCUT2D eigenvalue weighted by Gasteiger charge is -2.28. The van der Waals surface area contributed by atoms with Gasteiger partial charge in [0.1, 0.15) is 12.4 Å². The van der Waals surface area contributed by atoms with Gasteiger partial charge in [-0.3, -0.25) is 9.59 Å². The van der Waals surface area contributed by atoms with Crippen molar-refractivity contribution in [3.05, 3.63) is 62.8 Å². The molecule has 1 N–H and O–H groups in total. The third kappa shape index (κ3) is 5.58. The van der Waals surface area contributed by atoms with Crippen LogP contribution in [0, 0.1) is 6.92 Å². The van der Waals surface area contributed by atoms with Crippen LogP contribution in [0.5, 0.6) is 0 Å². The molecule has 0 spiro atoms. The predicted molar refractivity (Wildman–Crippen MR) is 141 cm³/mol. The predicted octanol–water partition coefficient (Wildman–Crippen LogP) is 2.72. The van der Waals surface area contributed by atoms with E-state index in [9.17, 15) is 18.0 Å². The maximum atomic E-state index is 12.5. The van der Waals surface area contributed by atoms with Crippen molar-refractivity contribution >= 4 is 50.5 Å². The molecule has 0 unspecified atom stereocenters. The number of carbonyl (C=O) groups excluding carboxylic acids is 2. The molecule has 0 atom stereocenters. The molecule has 2 aromatic heterocycles. The number of ether oxygens (including phenoxy) is 1. The van der Waals surface area contributed by atoms with Crippen molar-refractivity contribution in [2.45, 2.75) is 26.4 Å². The molecule has 5 rings (SSSR count). The summed E-state index contributed by atoms with van der Waals surface area (Å²) in [5.74, 6) is 0.324. The molecule has 10 nitrogen and oxygen atoms in total. The van der Waals surface area contributed by atoms with Crippen molar-refractivity contribution in [1.82, 2.24) is 19.2 Å². The van der Waals surface area contributed by atoms with E-state index in [0.29, 0.717) is 46.8 Å². The smallest absolute Gasteiger partial charge is 0.261 e. The zero-order chi connectivity index (χ0) is 26.2. The number of rotatable bonds is 7. The van der Waals surface area contributed by atoms with Crippen LogP contribution in [0.15, 0.2) is 36.5 Å². The largest absolute Gasteiger partial charge is 0.370 e. The number of amides is 2. The number of nitrogens with one attached hydrogen (secondary N) is 1. The second-order valence-corrected chi connectivity index (χ2v) is 12.7. The number of hydrogen-bond acceptors (Lipinski definition) is 7. The first-order valence-corrected chi connectivity index (χ1v) is 14.6. The number of thiophene rings is 1. The molecular formula is C24H26ClN5O5S2. The van der Waals surface area contributed by atoms with Gasteiger partial charge in [0.05, 0.1) is 40.4 Å². The third-order valence-corrected chi connectivity index (χ3v) is 9.45. The summed E-state index contributed by atoms with van der Waals surface area (Å²) in [7, 11) is -3.33. The molecule has 2 fully saturated rings. The summed E-state index contributed by atoms with van der Waals surface area (Å²) >= 11 is 7.13. The maximum absolute atomic E-state index is 12.5. The van der Waals surface area contributed by atoms with Crippen LogP contribution in [-0.4, -0.2) is 66.1 Å². The minimum atomic E-state index is -3.33. The second kappa shape index (κ2) is 10.5. The van der Waals surface area contributed by atoms with E-state index in [0.717, 1.165) is 16.9 Å². The van der Waals surface area contributed by atoms with Gasteiger partial charge >= 0.3 is 0 Å². The first kappa shape index (κ1) is 25.9. The number of aryl methyl sites for hydroxylation is 1. The van der Waals surface area contributed by atoms with Gasteiger partial charge in [0.15, 0.2) is 0 Å². The fraction of sp³-hybridized carbons (Fsp3) is 0.375. The summed E-state index contributed by atoms with van der Waals surface area (Å²) in [4.78, 5) is 31.7. The Hall–Kier alpha value is -2.77. The number of nitrogens with zero attached hydrogens (tertiary/aromatic N) is 4. The Balaban J connectivity index is 1.43. The van der Waals surface area contributed by atoms with Crippen molar-refractivity contribution in [2.75, 3.05) is 37.0 Å². The van der Waals surface area contributed by atoms with Gasteiger partial charge in [0.25, 0.3) is 11.8 Å². The maximum Gasteiger partial charge on any atom is 0.261 e. The van der Waals surface area contributed by atoms with Crippen molar-refractivity contribution in [3.8, 4) is 5.69 Å². The van der Waals surface area contributed by atoms with E-state index < -0.39 is 10.0 Å². The molecule has 0 radical (unpaired) electrons. The molecule has 1 aromatic carbocycles. The lowest BCUT2D eigenvalue weighted by molar-refractivity contribution is -0.125. The fourth-order valence-electron chi connectivity index (χ4n) is 4.48. The first-order chi connectivity index (χ1) is 17.7. The van der Waals surface area contributed by atoms with E-state index in [-0.39, 0.29) is 37.3 Å². The number of benzene rings is 1. The third-order valence-electron chi connectivity index (χ3n) is 6.31. The topological polar surface area (TPSA) is 114 Å². The molecule has 13 heteroatoms. The van der Waals surface area contributed by atoms with Crippen LogP contribution in [0.4, 0.5) is 5.69 Å². The summed E-state index contributed by atoms with van der Waals surface area (Å²) in [6.07, 6.45) is 2.38. The highest BCUT2D eigenvalue weighted by atomic mass is 35.5. The quantitative estimate of drug-likeness (QED) is 0.473. The highest BCUT2D eigenvalue weighted by Gasteiger charge is 2.30. The number of anilines is 1. The van der Waals surface area contributed by atoms with Gasteiger partial charge in [-0.25, -0.2) is 13.4 Å². The lowest BCUT2D eigenvalue weighted by Crippen LogP contribution is -2.42. The van der Waals surface area contributed by atoms with E-state index in [1.54, 1.807) is 23.2 Å². The number of halogens is 1. The molecule has 0 aliphatic carbocycles. The van der Waals surface area contributed by atoms with Gasteiger partial charge in [-0.1, -0.05) is 11.6 Å². The lowest BCUT2D eigenvalue weighted by atomic mass is 10.1. The normalized spacial score (nSPS) is 17.9. The van der Waals surface area contributed by atoms with Crippen LogP contribution in [-0.2, 0) is 32.6 Å². The fourth-order valence-corrected chi connectivity index (χ4v) is 6.91. The summed E-state index contributed by atoms with van der Waals surface area (Å²) in [5.41, 5.74) is 3.07. The zero-order valence-corrected chi connectivity index (χ0v) is 22.5. The molecule has 196 valence electrons. The Labute approximate surface area is 223 Å². The Kier molecular flexibility index (Phi) is 7.37. The van der Waals surface area contributed by atoms with Crippen molar-refractivity contribution in [2.24, 2.45) is 0 Å². The number of carbonyl (C=O) groups is 2. The minimum Gasteiger partial charge on any atom is -0.370 e. The van der Waals surface area contributed by atoms with Crippen LogP contribution >= 0.6 is 22.9 Å². The number of morpholine rings is 1. The van der Waals surface area contributed by atoms with Gasteiger partial charge in [-0.05, 0) is 49.2 Å². The standard InChI is InChI=1S/C24H26ClN5O5S2/c1-16-11-18(3-4-19(16)29-8-9-35-15-23(29)31)30-13-17(12-26-24(32)20-5-6-21(25)36-20)27-22(30)14-28-7-2-10-37(28,33)34/h3-6,11,13H,2,7-10,12,14-15H2,1H3,(H,26,32). The molecular weight excluding hydrogens is 538 g/mol. The summed E-state index contributed by atoms with van der Waals surface area (Å²) in [6, 6.07) is 9.03. The molecule has 2 aliphatic heterocycles. The minimum absolute atomic E-state index is 0.0595. The Bertz CT molecular complexity index is 1450. The van der Waals surface area contributed by atoms with E-state index in [1.165, 1.54) is 15.6 Å². The number of sulfonamides is 1. The van der Waals surface area contributed by atoms with Gasteiger partial charge in [0.2, 0.25) is 10.0 Å². The van der Waals surface area contributed by atoms with E-state index in [2.05, 4.69) is 10.3 Å². The molecule has 4 heterocycles. The summed E-state index contributed by atoms with van der Waals surface area (Å²) < 4.78 is 34.0. The first-order valence-electron chi connectivity index (χ1n) is 11.8. The number of imidazole rings is 1. The Morgan fingerprint density at radius 1 is 1.24 bits per heavy atom. The average Bonchev–Trinajstić information content (AvgIpc) is 3.57. The molecule has 37 heavy (non-hydrogen) atoms. The monoisotopic (exact) mass is 563 g/mol. The molecule has 3 aromatic rings. The average molecular weight is 564 g/mol. The van der Waals surface area contributed by atoms with Crippen LogP contribution in [0.3, 0.4) is 0 Å². The summed E-state index contributed by atoms with van der Waals surface area (Å²) in [5, 5.41) is 2.85. The van der Waals surface area contributed by atoms with Crippen LogP contribution in [0.1, 0.15) is 33.2 Å². The number of aromatic nitrogens is 2. The molecule has 0 bridgehead atoms. The van der Waals surface area contributed by atoms with Gasteiger partial charge in [-0.15, -0.1) is 11.3 Å². The molecule has 2 saturated heterocycles. The van der Waals surface area contributed by atoms with Crippen LogP contribution < -0.4 is 10.2 Å². The van der Waals surface area contributed by atoms with Crippen molar-refractivity contribution < 1.29 is 22.7 Å². The van der Waals surface area contributed by atoms with E-state index in [4.69, 9.17) is 16.3 Å². The Morgan fingerprint density at radius 2 is 2.08 bits per heavy atom. The van der Waals surface area contributed by atoms with Crippen LogP contribution in [0.2, 0.25) is 4.34 Å². The highest BCUT2D eigenvalue weighted by molar-refractivity contribution is 7.89. The molecule has 0 saturated carbocycles. The second-order valence-electron chi connectivity index (χ2n) is 8.88. The van der Waals surface area contributed by atoms with E-state index >= 15 is 0 Å². The zero-order valence-electron chi connectivity index (χ0n) is 20.1. The van der Waals surface area contributed by atoms with Gasteiger partial charge in [0, 0.05) is 30.7 Å². The van der Waals surface area contributed by atoms with E-state index in [1.807, 2.05) is 29.7 Å². The molecule has 2 amide bonds. The summed E-state index contributed by atoms with van der Waals surface area (Å²) in [6.45, 7) is 3.69. The van der Waals surface area contributed by atoms with Crippen molar-refractivity contribution in [3.63, 3.8) is 0 Å². The highest BCUT2D eigenvalue weighted by Crippen LogP contribution is 2.27. The van der Waals surface area contributed by atoms with Crippen molar-refractivity contribution in [1.29, 1.82) is 0 Å². The van der Waals surface area contributed by atoms with Crippen LogP contribution in [0.25, 0.3) is 5.69 Å². The SMILES string of the molecule is Cc1cc(-n2cc(CNC(=O)c3ccc(Cl)s3)nc2CN2CCCS2(=O)=O)ccc1N1CCOCC1=O. The van der Waals surface area contributed by atoms with Gasteiger partial charge < -0.3 is 19.5 Å². The molecule has 2 aliphatic rings.